The molecule has 2 heterocycles. The Morgan fingerprint density at radius 3 is 2.64 bits per heavy atom. The van der Waals surface area contributed by atoms with E-state index in [1.54, 1.807) is 0 Å². The molecule has 1 aromatic rings. The third kappa shape index (κ3) is 3.25. The van der Waals surface area contributed by atoms with Crippen LogP contribution in [0.25, 0.3) is 0 Å². The molecule has 2 aliphatic heterocycles. The highest BCUT2D eigenvalue weighted by atomic mass is 35.5. The number of nitrogens with one attached hydrogen (secondary N) is 1. The summed E-state index contributed by atoms with van der Waals surface area (Å²) >= 11 is 1.29. The number of carbonyl (C=O) groups excluding carboxylic acids is 1. The summed E-state index contributed by atoms with van der Waals surface area (Å²) in [6.07, 6.45) is 0.950. The molecule has 0 radical (unpaired) electrons. The molecule has 118 valence electrons. The van der Waals surface area contributed by atoms with Gasteiger partial charge in [-0.15, -0.1) is 12.4 Å². The summed E-state index contributed by atoms with van der Waals surface area (Å²) in [5, 5.41) is 3.34. The molecule has 3 rings (SSSR count). The van der Waals surface area contributed by atoms with Crippen LogP contribution in [0.3, 0.4) is 0 Å². The molecule has 1 aromatic carbocycles. The maximum absolute atomic E-state index is 13.1. The lowest BCUT2D eigenvalue weighted by atomic mass is 10.2. The molecular weight excluding hydrogens is 332 g/mol. The lowest BCUT2D eigenvalue weighted by molar-refractivity contribution is -0.112. The number of aliphatic imine (C=N–C) groups is 1. The van der Waals surface area contributed by atoms with E-state index in [2.05, 4.69) is 10.3 Å². The Kier molecular flexibility index (Phi) is 5.08. The van der Waals surface area contributed by atoms with E-state index in [0.29, 0.717) is 4.91 Å². The Balaban J connectivity index is 0.00000176. The molecule has 22 heavy (non-hydrogen) atoms. The van der Waals surface area contributed by atoms with Gasteiger partial charge >= 0.3 is 0 Å². The number of fused-ring (bicyclic) bond motifs is 1. The van der Waals surface area contributed by atoms with Crippen molar-refractivity contribution in [3.8, 4) is 0 Å². The van der Waals surface area contributed by atoms with Crippen LogP contribution < -0.4 is 5.32 Å². The van der Waals surface area contributed by atoms with E-state index < -0.39 is 11.6 Å². The Bertz CT molecular complexity index is 658. The number of carbonyl (C=O) groups is 1. The number of nitrogens with zero attached hydrogens (tertiary/aromatic N) is 2. The zero-order chi connectivity index (χ0) is 15.0. The normalized spacial score (nSPS) is 16.9. The highest BCUT2D eigenvalue weighted by molar-refractivity contribution is 8.18. The summed E-state index contributed by atoms with van der Waals surface area (Å²) in [6.45, 7) is 3.45. The van der Waals surface area contributed by atoms with Gasteiger partial charge in [0.2, 0.25) is 0 Å². The molecule has 0 unspecified atom stereocenters. The van der Waals surface area contributed by atoms with Crippen molar-refractivity contribution in [3.05, 3.63) is 40.4 Å². The van der Waals surface area contributed by atoms with Gasteiger partial charge < -0.3 is 10.2 Å². The molecular formula is C14H14ClF2N3OS. The number of halogens is 3. The average molecular weight is 346 g/mol. The molecule has 0 fully saturated rings. The van der Waals surface area contributed by atoms with Gasteiger partial charge in [-0.05, 0) is 37.2 Å². The first-order valence-electron chi connectivity index (χ1n) is 6.53. The Labute approximate surface area is 137 Å². The highest BCUT2D eigenvalue weighted by Gasteiger charge is 2.31. The second-order valence-corrected chi connectivity index (χ2v) is 5.78. The first-order valence-corrected chi connectivity index (χ1v) is 7.34. The second-order valence-electron chi connectivity index (χ2n) is 4.80. The topological polar surface area (TPSA) is 44.7 Å². The first-order chi connectivity index (χ1) is 10.0. The number of allylic oxidation sites excluding steroid dienone is 1. The Morgan fingerprint density at radius 2 is 2.00 bits per heavy atom. The third-order valence-electron chi connectivity index (χ3n) is 3.27. The van der Waals surface area contributed by atoms with Gasteiger partial charge in [0.05, 0.1) is 4.91 Å². The molecule has 0 atom stereocenters. The average Bonchev–Trinajstić information content (AvgIpc) is 2.76. The fourth-order valence-corrected chi connectivity index (χ4v) is 3.37. The quantitative estimate of drug-likeness (QED) is 0.894. The lowest BCUT2D eigenvalue weighted by Gasteiger charge is -2.23. The van der Waals surface area contributed by atoms with E-state index in [-0.39, 0.29) is 24.0 Å². The van der Waals surface area contributed by atoms with E-state index in [0.717, 1.165) is 48.6 Å². The Hall–Kier alpha value is -1.60. The predicted octanol–water partition coefficient (Wildman–Crippen LogP) is 3.37. The van der Waals surface area contributed by atoms with Crippen LogP contribution in [0.5, 0.6) is 0 Å². The SMILES string of the molecule is CC1=C(C(=O)Nc2cc(F)cc(F)c2)SC2=NCCCN21.Cl. The largest absolute Gasteiger partial charge is 0.324 e. The fourth-order valence-electron chi connectivity index (χ4n) is 2.30. The number of thioether (sulfide) groups is 1. The van der Waals surface area contributed by atoms with Crippen LogP contribution >= 0.6 is 24.2 Å². The Morgan fingerprint density at radius 1 is 1.32 bits per heavy atom. The fraction of sp³-hybridized carbons (Fsp3) is 0.286. The molecule has 0 bridgehead atoms. The number of amidine groups is 1. The van der Waals surface area contributed by atoms with Gasteiger partial charge in [0.25, 0.3) is 5.91 Å². The molecule has 8 heteroatoms. The van der Waals surface area contributed by atoms with E-state index in [1.165, 1.54) is 11.8 Å². The summed E-state index contributed by atoms with van der Waals surface area (Å²) in [5.41, 5.74) is 0.929. The third-order valence-corrected chi connectivity index (χ3v) is 4.49. The van der Waals surface area contributed by atoms with Crippen molar-refractivity contribution >= 4 is 40.9 Å². The van der Waals surface area contributed by atoms with Crippen molar-refractivity contribution in [2.45, 2.75) is 13.3 Å². The van der Waals surface area contributed by atoms with Gasteiger partial charge in [-0.3, -0.25) is 9.79 Å². The van der Waals surface area contributed by atoms with Gasteiger partial charge in [0, 0.05) is 30.5 Å². The summed E-state index contributed by atoms with van der Waals surface area (Å²) < 4.78 is 26.3. The van der Waals surface area contributed by atoms with Gasteiger partial charge in [-0.2, -0.15) is 0 Å². The molecule has 0 aliphatic carbocycles. The standard InChI is InChI=1S/C14H13F2N3OS.ClH/c1-8-12(21-14-17-3-2-4-19(8)14)13(20)18-11-6-9(15)5-10(16)7-11;/h5-7H,2-4H2,1H3,(H,18,20);1H. The van der Waals surface area contributed by atoms with Crippen molar-refractivity contribution in [1.29, 1.82) is 0 Å². The number of rotatable bonds is 2. The van der Waals surface area contributed by atoms with Gasteiger partial charge in [0.1, 0.15) is 11.6 Å². The smallest absolute Gasteiger partial charge is 0.264 e. The second kappa shape index (κ2) is 6.66. The highest BCUT2D eigenvalue weighted by Crippen LogP contribution is 2.36. The van der Waals surface area contributed by atoms with Crippen LogP contribution in [0, 0.1) is 11.6 Å². The number of hydrogen-bond acceptors (Lipinski definition) is 4. The van der Waals surface area contributed by atoms with E-state index in [4.69, 9.17) is 0 Å². The van der Waals surface area contributed by atoms with Crippen LogP contribution in [0.2, 0.25) is 0 Å². The zero-order valence-electron chi connectivity index (χ0n) is 11.7. The molecule has 4 nitrogen and oxygen atoms in total. The van der Waals surface area contributed by atoms with Gasteiger partial charge in [-0.1, -0.05) is 0 Å². The molecule has 1 amide bonds. The lowest BCUT2D eigenvalue weighted by Crippen LogP contribution is -2.28. The minimum Gasteiger partial charge on any atom is -0.324 e. The molecule has 1 N–H and O–H groups in total. The van der Waals surface area contributed by atoms with Crippen molar-refractivity contribution in [2.75, 3.05) is 18.4 Å². The number of hydrogen-bond donors (Lipinski definition) is 1. The van der Waals surface area contributed by atoms with E-state index >= 15 is 0 Å². The predicted molar refractivity (Wildman–Crippen MR) is 86.2 cm³/mol. The molecule has 0 saturated carbocycles. The molecule has 2 aliphatic rings. The van der Waals surface area contributed by atoms with Gasteiger partial charge in [-0.25, -0.2) is 8.78 Å². The molecule has 0 aromatic heterocycles. The van der Waals surface area contributed by atoms with Crippen LogP contribution in [-0.2, 0) is 4.79 Å². The van der Waals surface area contributed by atoms with E-state index in [9.17, 15) is 13.6 Å². The summed E-state index contributed by atoms with van der Waals surface area (Å²) in [5.74, 6) is -1.83. The summed E-state index contributed by atoms with van der Waals surface area (Å²) in [6, 6.07) is 2.93. The minimum absolute atomic E-state index is 0. The zero-order valence-corrected chi connectivity index (χ0v) is 13.4. The maximum atomic E-state index is 13.1. The van der Waals surface area contributed by atoms with Crippen molar-refractivity contribution in [3.63, 3.8) is 0 Å². The van der Waals surface area contributed by atoms with Crippen LogP contribution in [0.4, 0.5) is 14.5 Å². The van der Waals surface area contributed by atoms with Crippen molar-refractivity contribution in [2.24, 2.45) is 4.99 Å². The number of anilines is 1. The van der Waals surface area contributed by atoms with Crippen LogP contribution in [0.1, 0.15) is 13.3 Å². The summed E-state index contributed by atoms with van der Waals surface area (Å²) in [4.78, 5) is 19.2. The van der Waals surface area contributed by atoms with Gasteiger partial charge in [0.15, 0.2) is 5.17 Å². The van der Waals surface area contributed by atoms with Crippen molar-refractivity contribution in [1.82, 2.24) is 4.90 Å². The van der Waals surface area contributed by atoms with Crippen LogP contribution in [-0.4, -0.2) is 29.1 Å². The molecule has 0 spiro atoms. The first kappa shape index (κ1) is 16.8. The maximum Gasteiger partial charge on any atom is 0.264 e. The monoisotopic (exact) mass is 345 g/mol. The van der Waals surface area contributed by atoms with Crippen molar-refractivity contribution < 1.29 is 13.6 Å². The summed E-state index contributed by atoms with van der Waals surface area (Å²) in [7, 11) is 0. The minimum atomic E-state index is -0.725. The van der Waals surface area contributed by atoms with E-state index in [1.807, 2.05) is 11.8 Å². The number of amides is 1. The molecule has 0 saturated heterocycles. The van der Waals surface area contributed by atoms with Crippen LogP contribution in [0.15, 0.2) is 33.8 Å². The number of benzene rings is 1.